The first-order valence-corrected chi connectivity index (χ1v) is 13.6. The monoisotopic (exact) mass is 442 g/mol. The maximum Gasteiger partial charge on any atom is 0.244 e. The molecule has 6 rings (SSSR count). The number of likely N-dealkylation sites (tertiary alicyclic amines) is 1. The van der Waals surface area contributed by atoms with Crippen LogP contribution in [0.15, 0.2) is 30.3 Å². The summed E-state index contributed by atoms with van der Waals surface area (Å²) in [5.74, 6) is 0.935. The van der Waals surface area contributed by atoms with Crippen molar-refractivity contribution >= 4 is 15.9 Å². The van der Waals surface area contributed by atoms with E-state index in [0.29, 0.717) is 12.5 Å². The van der Waals surface area contributed by atoms with E-state index in [1.54, 1.807) is 0 Å². The van der Waals surface area contributed by atoms with Crippen LogP contribution in [-0.2, 0) is 21.4 Å². The van der Waals surface area contributed by atoms with E-state index in [-0.39, 0.29) is 34.4 Å². The van der Waals surface area contributed by atoms with E-state index in [0.717, 1.165) is 51.6 Å². The van der Waals surface area contributed by atoms with Crippen molar-refractivity contribution in [2.45, 2.75) is 65.0 Å². The molecule has 5 aliphatic rings. The molecule has 2 heterocycles. The minimum absolute atomic E-state index is 0.00152. The van der Waals surface area contributed by atoms with Crippen LogP contribution in [0.4, 0.5) is 0 Å². The van der Waals surface area contributed by atoms with Gasteiger partial charge in [0, 0.05) is 25.0 Å². The Morgan fingerprint density at radius 3 is 2.61 bits per heavy atom. The minimum Gasteiger partial charge on any atom is -0.298 e. The maximum absolute atomic E-state index is 14.2. The summed E-state index contributed by atoms with van der Waals surface area (Å²) in [7, 11) is -3.55. The number of carbonyl (C=O) groups is 1. The van der Waals surface area contributed by atoms with Crippen molar-refractivity contribution < 1.29 is 13.2 Å². The Hall–Kier alpha value is -1.40. The molecule has 3 saturated carbocycles. The number of amides is 1. The lowest BCUT2D eigenvalue weighted by molar-refractivity contribution is -0.140. The smallest absolute Gasteiger partial charge is 0.244 e. The van der Waals surface area contributed by atoms with Gasteiger partial charge >= 0.3 is 0 Å². The van der Waals surface area contributed by atoms with Crippen molar-refractivity contribution in [2.24, 2.45) is 28.1 Å². The summed E-state index contributed by atoms with van der Waals surface area (Å²) in [5, 5.41) is 0. The number of hydrogen-bond acceptors (Lipinski definition) is 4. The Kier molecular flexibility index (Phi) is 4.14. The fourth-order valence-electron chi connectivity index (χ4n) is 8.48. The summed E-state index contributed by atoms with van der Waals surface area (Å²) in [6.07, 6.45) is 5.84. The molecule has 5 nitrogen and oxygen atoms in total. The first-order chi connectivity index (χ1) is 14.7. The third-order valence-electron chi connectivity index (χ3n) is 10.2. The number of nitrogens with zero attached hydrogens (tertiary/aromatic N) is 2. The van der Waals surface area contributed by atoms with Gasteiger partial charge in [-0.1, -0.05) is 50.6 Å². The molecule has 2 bridgehead atoms. The van der Waals surface area contributed by atoms with E-state index in [1.807, 2.05) is 6.07 Å². The molecule has 1 aromatic carbocycles. The third-order valence-corrected chi connectivity index (χ3v) is 12.1. The molecule has 2 aliphatic heterocycles. The molecule has 3 aliphatic carbocycles. The highest BCUT2D eigenvalue weighted by Gasteiger charge is 2.73. The Morgan fingerprint density at radius 2 is 1.87 bits per heavy atom. The summed E-state index contributed by atoms with van der Waals surface area (Å²) in [5.41, 5.74) is 0.507. The first-order valence-electron chi connectivity index (χ1n) is 12.0. The molecular weight excluding hydrogens is 408 g/mol. The molecule has 6 heteroatoms. The van der Waals surface area contributed by atoms with Gasteiger partial charge in [-0.3, -0.25) is 9.69 Å². The zero-order valence-corrected chi connectivity index (χ0v) is 19.5. The molecule has 31 heavy (non-hydrogen) atoms. The van der Waals surface area contributed by atoms with Crippen molar-refractivity contribution in [1.82, 2.24) is 9.21 Å². The van der Waals surface area contributed by atoms with Gasteiger partial charge in [0.25, 0.3) is 0 Å². The molecule has 5 atom stereocenters. The molecule has 5 fully saturated rings. The second kappa shape index (κ2) is 6.34. The van der Waals surface area contributed by atoms with Crippen molar-refractivity contribution in [3.63, 3.8) is 0 Å². The molecule has 0 N–H and O–H groups in total. The third kappa shape index (κ3) is 2.52. The van der Waals surface area contributed by atoms with Crippen LogP contribution >= 0.6 is 0 Å². The van der Waals surface area contributed by atoms with Gasteiger partial charge in [-0.2, -0.15) is 0 Å². The van der Waals surface area contributed by atoms with E-state index >= 15 is 0 Å². The Labute approximate surface area is 186 Å². The predicted molar refractivity (Wildman–Crippen MR) is 119 cm³/mol. The average Bonchev–Trinajstić information content (AvgIpc) is 3.42. The maximum atomic E-state index is 14.2. The fourth-order valence-corrected chi connectivity index (χ4v) is 11.1. The molecule has 0 aromatic heterocycles. The molecule has 168 valence electrons. The highest BCUT2D eigenvalue weighted by atomic mass is 32.2. The van der Waals surface area contributed by atoms with Gasteiger partial charge in [0.2, 0.25) is 15.9 Å². The summed E-state index contributed by atoms with van der Waals surface area (Å²) < 4.78 is 28.4. The van der Waals surface area contributed by atoms with E-state index < -0.39 is 15.4 Å². The van der Waals surface area contributed by atoms with Gasteiger partial charge in [-0.25, -0.2) is 12.7 Å². The van der Waals surface area contributed by atoms with Gasteiger partial charge < -0.3 is 0 Å². The van der Waals surface area contributed by atoms with Crippen LogP contribution in [-0.4, -0.2) is 48.4 Å². The van der Waals surface area contributed by atoms with Gasteiger partial charge in [0.1, 0.15) is 0 Å². The highest BCUT2D eigenvalue weighted by Crippen LogP contribution is 2.70. The Bertz CT molecular complexity index is 1020. The number of sulfonamides is 1. The van der Waals surface area contributed by atoms with Crippen molar-refractivity contribution in [2.75, 3.05) is 18.8 Å². The second-order valence-electron chi connectivity index (χ2n) is 11.6. The highest BCUT2D eigenvalue weighted by molar-refractivity contribution is 7.90. The molecular formula is C25H34N2O3S. The van der Waals surface area contributed by atoms with Gasteiger partial charge in [0.05, 0.1) is 17.2 Å². The second-order valence-corrected chi connectivity index (χ2v) is 13.5. The topological polar surface area (TPSA) is 57.7 Å². The van der Waals surface area contributed by atoms with Crippen LogP contribution in [0.3, 0.4) is 0 Å². The van der Waals surface area contributed by atoms with Crippen LogP contribution in [0.2, 0.25) is 0 Å². The van der Waals surface area contributed by atoms with E-state index in [9.17, 15) is 13.2 Å². The lowest BCUT2D eigenvalue weighted by atomic mass is 9.68. The normalized spacial score (nSPS) is 42.1. The molecule has 0 radical (unpaired) electrons. The predicted octanol–water partition coefficient (Wildman–Crippen LogP) is 3.66. The molecule has 1 amide bonds. The summed E-state index contributed by atoms with van der Waals surface area (Å²) in [4.78, 5) is 16.6. The lowest BCUT2D eigenvalue weighted by Gasteiger charge is -2.39. The summed E-state index contributed by atoms with van der Waals surface area (Å²) in [6.45, 7) is 6.94. The Balaban J connectivity index is 1.32. The number of benzene rings is 1. The van der Waals surface area contributed by atoms with Gasteiger partial charge in [0.15, 0.2) is 0 Å². The number of rotatable bonds is 3. The zero-order chi connectivity index (χ0) is 21.6. The fraction of sp³-hybridized carbons (Fsp3) is 0.720. The van der Waals surface area contributed by atoms with Crippen LogP contribution in [0.5, 0.6) is 0 Å². The zero-order valence-electron chi connectivity index (χ0n) is 18.7. The number of carbonyl (C=O) groups excluding carboxylic acids is 1. The molecule has 2 saturated heterocycles. The van der Waals surface area contributed by atoms with E-state index in [2.05, 4.69) is 43.0 Å². The van der Waals surface area contributed by atoms with E-state index in [1.165, 1.54) is 9.87 Å². The van der Waals surface area contributed by atoms with Crippen molar-refractivity contribution in [3.8, 4) is 0 Å². The van der Waals surface area contributed by atoms with Crippen molar-refractivity contribution in [1.29, 1.82) is 0 Å². The number of hydrogen-bond donors (Lipinski definition) is 0. The number of fused-ring (bicyclic) bond motifs is 2. The van der Waals surface area contributed by atoms with Crippen LogP contribution < -0.4 is 0 Å². The summed E-state index contributed by atoms with van der Waals surface area (Å²) >= 11 is 0. The first kappa shape index (κ1) is 20.2. The van der Waals surface area contributed by atoms with Crippen LogP contribution in [0.25, 0.3) is 0 Å². The van der Waals surface area contributed by atoms with Gasteiger partial charge in [-0.05, 0) is 54.9 Å². The molecule has 0 unspecified atom stereocenters. The van der Waals surface area contributed by atoms with Crippen molar-refractivity contribution in [3.05, 3.63) is 35.9 Å². The minimum atomic E-state index is -3.55. The quantitative estimate of drug-likeness (QED) is 0.717. The van der Waals surface area contributed by atoms with Crippen LogP contribution in [0.1, 0.15) is 57.9 Å². The molecule has 1 aromatic rings. The molecule has 1 spiro atoms. The Morgan fingerprint density at radius 1 is 1.10 bits per heavy atom. The SMILES string of the molecule is CC1(C)[C@@H]2CC[C@]13CS(=O)(=O)N(C(=O)[C@]14CCC[C@H]1CN(Cc1ccccc1)C4)[C@@H]3C2. The van der Waals surface area contributed by atoms with E-state index in [4.69, 9.17) is 0 Å². The lowest BCUT2D eigenvalue weighted by Crippen LogP contribution is -2.52. The standard InChI is InChI=1S/C25H34N2O3S/c1-23(2)19-10-12-25(23)17-31(29,30)27(21(25)13-19)22(28)24-11-6-9-20(24)15-26(16-24)14-18-7-4-3-5-8-18/h3-5,7-8,19-21H,6,9-17H2,1-2H3/t19-,20+,21-,24+,25-/m1/s1. The average molecular weight is 443 g/mol. The largest absolute Gasteiger partial charge is 0.298 e. The summed E-state index contributed by atoms with van der Waals surface area (Å²) in [6, 6.07) is 10.3. The van der Waals surface area contributed by atoms with Crippen LogP contribution in [0, 0.1) is 28.1 Å². The van der Waals surface area contributed by atoms with Gasteiger partial charge in [-0.15, -0.1) is 0 Å².